The highest BCUT2D eigenvalue weighted by atomic mass is 35.5. The van der Waals surface area contributed by atoms with Gasteiger partial charge in [-0.15, -0.1) is 0 Å². The van der Waals surface area contributed by atoms with Crippen molar-refractivity contribution in [2.45, 2.75) is 26.9 Å². The Balaban J connectivity index is 2.56. The second-order valence-corrected chi connectivity index (χ2v) is 6.55. The third kappa shape index (κ3) is 4.54. The average molecular weight is 364 g/mol. The maximum absolute atomic E-state index is 11.5. The molecule has 0 spiro atoms. The number of halogens is 1. The van der Waals surface area contributed by atoms with E-state index in [2.05, 4.69) is 10.3 Å². The highest BCUT2D eigenvalue weighted by molar-refractivity contribution is 6.34. The fourth-order valence-electron chi connectivity index (χ4n) is 2.42. The normalized spacial score (nSPS) is 10.7. The number of carboxylic acid groups (broad SMARTS) is 1. The number of aromatic carboxylic acids is 1. The van der Waals surface area contributed by atoms with Gasteiger partial charge < -0.3 is 20.1 Å². The summed E-state index contributed by atoms with van der Waals surface area (Å²) in [4.78, 5) is 17.6. The van der Waals surface area contributed by atoms with Gasteiger partial charge in [-0.3, -0.25) is 0 Å². The summed E-state index contributed by atoms with van der Waals surface area (Å²) in [6.45, 7) is 5.64. The summed E-state index contributed by atoms with van der Waals surface area (Å²) in [6.07, 6.45) is -0.0131. The highest BCUT2D eigenvalue weighted by Gasteiger charge is 2.17. The maximum Gasteiger partial charge on any atom is 0.339 e. The van der Waals surface area contributed by atoms with Gasteiger partial charge in [-0.05, 0) is 32.9 Å². The molecule has 0 radical (unpaired) electrons. The monoisotopic (exact) mass is 363 g/mol. The Kier molecular flexibility index (Phi) is 5.74. The maximum atomic E-state index is 11.5. The molecule has 1 heterocycles. The van der Waals surface area contributed by atoms with Gasteiger partial charge in [0.05, 0.1) is 22.5 Å². The minimum absolute atomic E-state index is 0.0131. The lowest BCUT2D eigenvalue weighted by Gasteiger charge is -2.22. The number of pyridine rings is 1. The van der Waals surface area contributed by atoms with Gasteiger partial charge in [0.15, 0.2) is 0 Å². The minimum Gasteiger partial charge on any atom is -0.491 e. The molecule has 2 N–H and O–H groups in total. The van der Waals surface area contributed by atoms with Crippen molar-refractivity contribution in [3.05, 3.63) is 40.5 Å². The molecule has 0 saturated heterocycles. The molecule has 2 rings (SSSR count). The first-order valence-corrected chi connectivity index (χ1v) is 8.22. The lowest BCUT2D eigenvalue weighted by Crippen LogP contribution is -2.14. The summed E-state index contributed by atoms with van der Waals surface area (Å²) in [5, 5.41) is 13.0. The van der Waals surface area contributed by atoms with Gasteiger partial charge in [-0.2, -0.15) is 0 Å². The molecule has 0 saturated carbocycles. The number of hydrogen-bond acceptors (Lipinski definition) is 5. The number of carbonyl (C=O) groups is 1. The highest BCUT2D eigenvalue weighted by Crippen LogP contribution is 2.39. The van der Waals surface area contributed by atoms with Crippen LogP contribution in [0.1, 0.15) is 29.9 Å². The molecule has 0 atom stereocenters. The third-order valence-electron chi connectivity index (χ3n) is 3.37. The molecule has 0 fully saturated rings. The number of carboxylic acids is 1. The Morgan fingerprint density at radius 2 is 2.00 bits per heavy atom. The van der Waals surface area contributed by atoms with Crippen LogP contribution in [0, 0.1) is 6.92 Å². The summed E-state index contributed by atoms with van der Waals surface area (Å²) in [7, 11) is 3.72. The zero-order chi connectivity index (χ0) is 18.7. The van der Waals surface area contributed by atoms with E-state index >= 15 is 0 Å². The number of benzene rings is 1. The second kappa shape index (κ2) is 7.61. The summed E-state index contributed by atoms with van der Waals surface area (Å²) in [6, 6.07) is 6.71. The molecule has 0 aliphatic rings. The molecule has 6 nitrogen and oxygen atoms in total. The molecule has 25 heavy (non-hydrogen) atoms. The Morgan fingerprint density at radius 3 is 2.56 bits per heavy atom. The van der Waals surface area contributed by atoms with Crippen LogP contribution in [0.5, 0.6) is 5.75 Å². The van der Waals surface area contributed by atoms with E-state index < -0.39 is 5.97 Å². The van der Waals surface area contributed by atoms with Crippen LogP contribution in [-0.4, -0.2) is 36.3 Å². The molecule has 2 aromatic rings. The topological polar surface area (TPSA) is 74.7 Å². The van der Waals surface area contributed by atoms with Crippen molar-refractivity contribution >= 4 is 34.8 Å². The van der Waals surface area contributed by atoms with E-state index in [1.807, 2.05) is 32.8 Å². The number of hydrogen-bond donors (Lipinski definition) is 2. The van der Waals surface area contributed by atoms with Crippen LogP contribution in [0.15, 0.2) is 24.3 Å². The van der Waals surface area contributed by atoms with Crippen LogP contribution < -0.4 is 15.0 Å². The van der Waals surface area contributed by atoms with Crippen LogP contribution in [-0.2, 0) is 0 Å². The first-order chi connectivity index (χ1) is 11.7. The van der Waals surface area contributed by atoms with Gasteiger partial charge in [0.1, 0.15) is 17.1 Å². The molecule has 1 aromatic heterocycles. The number of ether oxygens (including phenoxy) is 1. The largest absolute Gasteiger partial charge is 0.491 e. The summed E-state index contributed by atoms with van der Waals surface area (Å²) < 4.78 is 5.73. The fraction of sp³-hybridized carbons (Fsp3) is 0.333. The molecule has 0 unspecified atom stereocenters. The predicted molar refractivity (Wildman–Crippen MR) is 101 cm³/mol. The van der Waals surface area contributed by atoms with Crippen LogP contribution in [0.2, 0.25) is 5.02 Å². The van der Waals surface area contributed by atoms with Gasteiger partial charge in [0.2, 0.25) is 0 Å². The van der Waals surface area contributed by atoms with Crippen LogP contribution in [0.4, 0.5) is 17.2 Å². The lowest BCUT2D eigenvalue weighted by molar-refractivity contribution is 0.0697. The molecular weight excluding hydrogens is 342 g/mol. The van der Waals surface area contributed by atoms with Crippen molar-refractivity contribution in [1.29, 1.82) is 0 Å². The predicted octanol–water partition coefficient (Wildman–Crippen LogP) is 4.34. The van der Waals surface area contributed by atoms with Gasteiger partial charge >= 0.3 is 5.97 Å². The Labute approximate surface area is 152 Å². The summed E-state index contributed by atoms with van der Waals surface area (Å²) >= 11 is 6.41. The van der Waals surface area contributed by atoms with Gasteiger partial charge in [0, 0.05) is 31.9 Å². The standard InChI is InChI=1S/C18H22ClN3O3/c1-10(2)25-12-8-14(19)16(22(4)5)15(9-12)21-17-13(18(23)24)7-6-11(3)20-17/h6-10H,1-5H3,(H,20,21)(H,23,24). The minimum atomic E-state index is -1.05. The molecule has 0 aliphatic heterocycles. The molecule has 0 amide bonds. The molecule has 0 aliphatic carbocycles. The van der Waals surface area contributed by atoms with Gasteiger partial charge in [-0.1, -0.05) is 11.6 Å². The van der Waals surface area contributed by atoms with E-state index in [4.69, 9.17) is 16.3 Å². The summed E-state index contributed by atoms with van der Waals surface area (Å²) in [5.74, 6) is -0.201. The number of nitrogens with zero attached hydrogens (tertiary/aromatic N) is 2. The Bertz CT molecular complexity index is 791. The number of rotatable bonds is 6. The van der Waals surface area contributed by atoms with Crippen molar-refractivity contribution in [2.24, 2.45) is 0 Å². The van der Waals surface area contributed by atoms with Crippen molar-refractivity contribution in [3.8, 4) is 5.75 Å². The van der Waals surface area contributed by atoms with E-state index in [1.165, 1.54) is 6.07 Å². The SMILES string of the molecule is Cc1ccc(C(=O)O)c(Nc2cc(OC(C)C)cc(Cl)c2N(C)C)n1. The second-order valence-electron chi connectivity index (χ2n) is 6.14. The zero-order valence-electron chi connectivity index (χ0n) is 14.9. The smallest absolute Gasteiger partial charge is 0.339 e. The number of aryl methyl sites for hydroxylation is 1. The van der Waals surface area contributed by atoms with Crippen molar-refractivity contribution in [1.82, 2.24) is 4.98 Å². The third-order valence-corrected chi connectivity index (χ3v) is 3.66. The van der Waals surface area contributed by atoms with Crippen molar-refractivity contribution in [2.75, 3.05) is 24.3 Å². The van der Waals surface area contributed by atoms with Crippen molar-refractivity contribution in [3.63, 3.8) is 0 Å². The quantitative estimate of drug-likeness (QED) is 0.795. The van der Waals surface area contributed by atoms with E-state index in [0.29, 0.717) is 22.2 Å². The zero-order valence-corrected chi connectivity index (χ0v) is 15.7. The molecule has 7 heteroatoms. The molecule has 134 valence electrons. The molecule has 1 aromatic carbocycles. The number of anilines is 3. The van der Waals surface area contributed by atoms with Crippen molar-refractivity contribution < 1.29 is 14.6 Å². The van der Waals surface area contributed by atoms with Crippen LogP contribution in [0.3, 0.4) is 0 Å². The first-order valence-electron chi connectivity index (χ1n) is 7.84. The Hall–Kier alpha value is -2.47. The summed E-state index contributed by atoms with van der Waals surface area (Å²) in [5.41, 5.74) is 2.13. The van der Waals surface area contributed by atoms with Gasteiger partial charge in [0.25, 0.3) is 0 Å². The number of aromatic nitrogens is 1. The van der Waals surface area contributed by atoms with E-state index in [-0.39, 0.29) is 17.5 Å². The number of nitrogens with one attached hydrogen (secondary N) is 1. The van der Waals surface area contributed by atoms with Crippen LogP contribution >= 0.6 is 11.6 Å². The van der Waals surface area contributed by atoms with Gasteiger partial charge in [-0.25, -0.2) is 9.78 Å². The average Bonchev–Trinajstić information content (AvgIpc) is 2.45. The van der Waals surface area contributed by atoms with Crippen LogP contribution in [0.25, 0.3) is 0 Å². The van der Waals surface area contributed by atoms with E-state index in [1.54, 1.807) is 25.1 Å². The van der Waals surface area contributed by atoms with E-state index in [0.717, 1.165) is 5.69 Å². The Morgan fingerprint density at radius 1 is 1.32 bits per heavy atom. The first kappa shape index (κ1) is 18.9. The fourth-order valence-corrected chi connectivity index (χ4v) is 2.79. The lowest BCUT2D eigenvalue weighted by atomic mass is 10.2. The molecular formula is C18H22ClN3O3. The van der Waals surface area contributed by atoms with E-state index in [9.17, 15) is 9.90 Å². The molecule has 0 bridgehead atoms.